The highest BCUT2D eigenvalue weighted by Crippen LogP contribution is 2.34. The van der Waals surface area contributed by atoms with Crippen LogP contribution in [-0.4, -0.2) is 24.6 Å². The zero-order valence-electron chi connectivity index (χ0n) is 26.5. The van der Waals surface area contributed by atoms with Crippen LogP contribution in [0, 0.1) is 17.0 Å². The van der Waals surface area contributed by atoms with Crippen LogP contribution < -0.4 is 10.3 Å². The largest absolute Gasteiger partial charge is 0.375 e. The molecule has 2 rings (SSSR count). The number of hydrogen-bond donors (Lipinski definition) is 1. The maximum Gasteiger partial charge on any atom is 0.316 e. The van der Waals surface area contributed by atoms with Gasteiger partial charge in [0.1, 0.15) is 5.76 Å². The molecule has 1 heterocycles. The van der Waals surface area contributed by atoms with Gasteiger partial charge in [-0.2, -0.15) is 0 Å². The summed E-state index contributed by atoms with van der Waals surface area (Å²) in [4.78, 5) is 23.5. The zero-order valence-corrected chi connectivity index (χ0v) is 27.3. The average molecular weight is 608 g/mol. The SMILES string of the molecule is CCCCCCCCCCCCCCCCCCNS(=O)(=O)c1c(C)ccc(-n2oc(C(C)(C)C)cc2=O)c1[N+](=O)[O-]. The molecule has 42 heavy (non-hydrogen) atoms. The lowest BCUT2D eigenvalue weighted by Gasteiger charge is -2.14. The third-order valence-corrected chi connectivity index (χ3v) is 9.32. The highest BCUT2D eigenvalue weighted by atomic mass is 32.2. The van der Waals surface area contributed by atoms with Gasteiger partial charge in [0.15, 0.2) is 10.6 Å². The second-order valence-corrected chi connectivity index (χ2v) is 14.2. The summed E-state index contributed by atoms with van der Waals surface area (Å²) >= 11 is 0. The predicted molar refractivity (Wildman–Crippen MR) is 169 cm³/mol. The lowest BCUT2D eigenvalue weighted by molar-refractivity contribution is -0.387. The Kier molecular flexibility index (Phi) is 15.0. The molecule has 0 bridgehead atoms. The number of nitrogens with zero attached hydrogens (tertiary/aromatic N) is 2. The Bertz CT molecular complexity index is 1270. The third kappa shape index (κ3) is 11.3. The van der Waals surface area contributed by atoms with Gasteiger partial charge in [0.2, 0.25) is 10.0 Å². The molecule has 0 atom stereocenters. The van der Waals surface area contributed by atoms with Gasteiger partial charge in [0.05, 0.1) is 4.92 Å². The number of aromatic nitrogens is 1. The Morgan fingerprint density at radius 2 is 1.33 bits per heavy atom. The van der Waals surface area contributed by atoms with Crippen molar-refractivity contribution in [1.82, 2.24) is 9.46 Å². The topological polar surface area (TPSA) is 124 Å². The molecule has 0 unspecified atom stereocenters. The molecule has 9 nitrogen and oxygen atoms in total. The van der Waals surface area contributed by atoms with E-state index in [1.807, 2.05) is 20.8 Å². The molecule has 10 heteroatoms. The Morgan fingerprint density at radius 1 is 0.857 bits per heavy atom. The first-order valence-electron chi connectivity index (χ1n) is 15.9. The van der Waals surface area contributed by atoms with E-state index < -0.39 is 36.5 Å². The van der Waals surface area contributed by atoms with Crippen LogP contribution in [0.3, 0.4) is 0 Å². The Morgan fingerprint density at radius 3 is 1.76 bits per heavy atom. The molecule has 0 fully saturated rings. The summed E-state index contributed by atoms with van der Waals surface area (Å²) in [6.45, 7) is 9.48. The molecule has 0 aliphatic heterocycles. The van der Waals surface area contributed by atoms with Crippen molar-refractivity contribution in [1.29, 1.82) is 0 Å². The second-order valence-electron chi connectivity index (χ2n) is 12.5. The fourth-order valence-corrected chi connectivity index (χ4v) is 6.64. The van der Waals surface area contributed by atoms with Crippen LogP contribution in [0.2, 0.25) is 0 Å². The number of nitrogens with one attached hydrogen (secondary N) is 1. The van der Waals surface area contributed by atoms with Crippen molar-refractivity contribution in [2.75, 3.05) is 6.54 Å². The number of nitro groups is 1. The van der Waals surface area contributed by atoms with E-state index in [0.717, 1.165) is 24.0 Å². The first kappa shape index (κ1) is 35.7. The van der Waals surface area contributed by atoms with Gasteiger partial charge in [-0.1, -0.05) is 130 Å². The molecule has 0 saturated carbocycles. The van der Waals surface area contributed by atoms with E-state index in [4.69, 9.17) is 4.52 Å². The van der Waals surface area contributed by atoms with E-state index >= 15 is 0 Å². The van der Waals surface area contributed by atoms with Gasteiger partial charge in [0.25, 0.3) is 5.56 Å². The maximum atomic E-state index is 13.2. The molecule has 2 aromatic rings. The summed E-state index contributed by atoms with van der Waals surface area (Å²) in [6.07, 6.45) is 19.6. The fraction of sp³-hybridized carbons (Fsp3) is 0.719. The lowest BCUT2D eigenvalue weighted by Crippen LogP contribution is -2.27. The standard InChI is InChI=1S/C32H53N3O6S/c1-6-7-8-9-10-11-12-13-14-15-16-17-18-19-20-21-24-33-42(39,40)31-26(2)22-23-27(30(31)35(37)38)34-29(36)25-28(41-34)32(3,4)5/h22-23,25,33H,6-21,24H2,1-5H3. The van der Waals surface area contributed by atoms with Crippen LogP contribution in [0.4, 0.5) is 5.69 Å². The summed E-state index contributed by atoms with van der Waals surface area (Å²) < 4.78 is 35.5. The Labute approximate surface area is 252 Å². The van der Waals surface area contributed by atoms with Crippen LogP contribution in [0.5, 0.6) is 0 Å². The van der Waals surface area contributed by atoms with E-state index in [0.29, 0.717) is 12.2 Å². The Hall–Kier alpha value is -2.46. The Balaban J connectivity index is 1.81. The maximum absolute atomic E-state index is 13.2. The molecular formula is C32H53N3O6S. The van der Waals surface area contributed by atoms with Gasteiger partial charge in [-0.3, -0.25) is 14.9 Å². The van der Waals surface area contributed by atoms with Crippen LogP contribution in [0.15, 0.2) is 32.4 Å². The molecule has 0 saturated heterocycles. The van der Waals surface area contributed by atoms with Crippen molar-refractivity contribution in [3.8, 4) is 5.69 Å². The molecule has 238 valence electrons. The number of rotatable bonds is 21. The normalized spacial score (nSPS) is 12.2. The van der Waals surface area contributed by atoms with Crippen LogP contribution in [0.1, 0.15) is 142 Å². The van der Waals surface area contributed by atoms with Crippen LogP contribution >= 0.6 is 0 Å². The quantitative estimate of drug-likeness (QED) is 0.0862. The highest BCUT2D eigenvalue weighted by molar-refractivity contribution is 7.89. The third-order valence-electron chi connectivity index (χ3n) is 7.68. The number of nitro benzene ring substituents is 1. The first-order chi connectivity index (χ1) is 19.9. The molecule has 0 aliphatic carbocycles. The fourth-order valence-electron chi connectivity index (χ4n) is 5.15. The van der Waals surface area contributed by atoms with Crippen molar-refractivity contribution >= 4 is 15.7 Å². The minimum absolute atomic E-state index is 0.191. The van der Waals surface area contributed by atoms with Crippen LogP contribution in [-0.2, 0) is 15.4 Å². The zero-order chi connectivity index (χ0) is 31.2. The molecule has 0 aliphatic rings. The molecule has 1 N–H and O–H groups in total. The van der Waals surface area contributed by atoms with Crippen molar-refractivity contribution in [3.05, 3.63) is 50.0 Å². The average Bonchev–Trinajstić information content (AvgIpc) is 3.32. The van der Waals surface area contributed by atoms with Gasteiger partial charge in [-0.15, -0.1) is 4.74 Å². The molecule has 1 aromatic heterocycles. The summed E-state index contributed by atoms with van der Waals surface area (Å²) in [7, 11) is -4.20. The van der Waals surface area contributed by atoms with Crippen molar-refractivity contribution in [2.45, 2.75) is 148 Å². The molecule has 0 amide bonds. The van der Waals surface area contributed by atoms with E-state index in [-0.39, 0.29) is 17.8 Å². The van der Waals surface area contributed by atoms with Crippen LogP contribution in [0.25, 0.3) is 5.69 Å². The van der Waals surface area contributed by atoms with Crippen molar-refractivity contribution in [3.63, 3.8) is 0 Å². The second kappa shape index (κ2) is 17.6. The monoisotopic (exact) mass is 607 g/mol. The number of unbranched alkanes of at least 4 members (excludes halogenated alkanes) is 15. The number of benzene rings is 1. The summed E-state index contributed by atoms with van der Waals surface area (Å²) in [5.74, 6) is 0.341. The van der Waals surface area contributed by atoms with E-state index in [1.54, 1.807) is 0 Å². The summed E-state index contributed by atoms with van der Waals surface area (Å²) in [5, 5.41) is 12.1. The highest BCUT2D eigenvalue weighted by Gasteiger charge is 2.34. The first-order valence-corrected chi connectivity index (χ1v) is 17.4. The number of aryl methyl sites for hydroxylation is 1. The number of hydrogen-bond acceptors (Lipinski definition) is 6. The number of sulfonamides is 1. The lowest BCUT2D eigenvalue weighted by atomic mass is 9.94. The van der Waals surface area contributed by atoms with Gasteiger partial charge >= 0.3 is 5.69 Å². The van der Waals surface area contributed by atoms with Gasteiger partial charge < -0.3 is 4.52 Å². The summed E-state index contributed by atoms with van der Waals surface area (Å²) in [5.41, 5.74) is -1.77. The van der Waals surface area contributed by atoms with Crippen molar-refractivity contribution < 1.29 is 17.9 Å². The molecule has 1 aromatic carbocycles. The van der Waals surface area contributed by atoms with Gasteiger partial charge in [-0.25, -0.2) is 13.1 Å². The van der Waals surface area contributed by atoms with E-state index in [2.05, 4.69) is 11.6 Å². The minimum Gasteiger partial charge on any atom is -0.375 e. The molecule has 0 radical (unpaired) electrons. The summed E-state index contributed by atoms with van der Waals surface area (Å²) in [6, 6.07) is 4.07. The predicted octanol–water partition coefficient (Wildman–Crippen LogP) is 8.48. The molecule has 0 spiro atoms. The smallest absolute Gasteiger partial charge is 0.316 e. The minimum atomic E-state index is -4.20. The van der Waals surface area contributed by atoms with Gasteiger partial charge in [0, 0.05) is 18.0 Å². The van der Waals surface area contributed by atoms with E-state index in [1.165, 1.54) is 102 Å². The molecular weight excluding hydrogens is 554 g/mol. The van der Waals surface area contributed by atoms with Crippen molar-refractivity contribution in [2.24, 2.45) is 0 Å². The van der Waals surface area contributed by atoms with E-state index in [9.17, 15) is 23.3 Å². The van der Waals surface area contributed by atoms with Gasteiger partial charge in [-0.05, 0) is 25.0 Å².